The van der Waals surface area contributed by atoms with Crippen LogP contribution in [0.3, 0.4) is 0 Å². The van der Waals surface area contributed by atoms with Gasteiger partial charge in [-0.3, -0.25) is 16.1 Å². The second kappa shape index (κ2) is 4.50. The summed E-state index contributed by atoms with van der Waals surface area (Å²) < 4.78 is 0. The summed E-state index contributed by atoms with van der Waals surface area (Å²) in [5.41, 5.74) is 8.42. The Bertz CT molecular complexity index is 427. The second-order valence-corrected chi connectivity index (χ2v) is 2.54. The van der Waals surface area contributed by atoms with Gasteiger partial charge in [0.2, 0.25) is 0 Å². The third kappa shape index (κ3) is 2.28. The zero-order chi connectivity index (χ0) is 11.4. The largest absolute Gasteiger partial charge is 0.390 e. The zero-order valence-electron chi connectivity index (χ0n) is 7.57. The topological polar surface area (TPSA) is 159 Å². The van der Waals surface area contributed by atoms with Crippen LogP contribution in [0.1, 0.15) is 16.1 Å². The van der Waals surface area contributed by atoms with Crippen molar-refractivity contribution in [2.45, 2.75) is 6.61 Å². The Kier molecular flexibility index (Phi) is 3.33. The minimum atomic E-state index is -0.847. The number of rotatable bonds is 4. The number of nitrogens with zero attached hydrogens (tertiary/aromatic N) is 1. The fourth-order valence-electron chi connectivity index (χ4n) is 1.06. The molecule has 0 atom stereocenters. The standard InChI is InChI=1S/C6H10N6O3/c7-4(14)3-2(1-13)9-6(15)10-5(3)11-12-8/h12-13H,1,8H2,(H2,7,14)(H2,9,10,11,15). The first-order valence-corrected chi connectivity index (χ1v) is 3.85. The molecule has 0 radical (unpaired) electrons. The number of hydrogen-bond acceptors (Lipinski definition) is 7. The van der Waals surface area contributed by atoms with Crippen LogP contribution in [0, 0.1) is 0 Å². The normalized spacial score (nSPS) is 10.0. The van der Waals surface area contributed by atoms with Gasteiger partial charge in [-0.2, -0.15) is 10.5 Å². The summed E-state index contributed by atoms with van der Waals surface area (Å²) in [4.78, 5) is 27.6. The molecule has 1 heterocycles. The number of H-pyrrole nitrogens is 1. The van der Waals surface area contributed by atoms with Gasteiger partial charge in [-0.1, -0.05) is 0 Å². The van der Waals surface area contributed by atoms with Crippen LogP contribution in [0.15, 0.2) is 4.79 Å². The van der Waals surface area contributed by atoms with Gasteiger partial charge in [-0.25, -0.2) is 4.79 Å². The summed E-state index contributed by atoms with van der Waals surface area (Å²) in [6, 6.07) is 0. The van der Waals surface area contributed by atoms with Gasteiger partial charge >= 0.3 is 5.69 Å². The van der Waals surface area contributed by atoms with Crippen molar-refractivity contribution < 1.29 is 9.90 Å². The number of carbonyl (C=O) groups excluding carboxylic acids is 1. The van der Waals surface area contributed by atoms with Crippen molar-refractivity contribution in [3.05, 3.63) is 21.7 Å². The molecule has 82 valence electrons. The summed E-state index contributed by atoms with van der Waals surface area (Å²) >= 11 is 0. The van der Waals surface area contributed by atoms with Crippen LogP contribution in [0.2, 0.25) is 0 Å². The second-order valence-electron chi connectivity index (χ2n) is 2.54. The van der Waals surface area contributed by atoms with Crippen LogP contribution < -0.4 is 28.2 Å². The number of hydrazine groups is 2. The highest BCUT2D eigenvalue weighted by Crippen LogP contribution is 2.11. The maximum absolute atomic E-state index is 11.0. The van der Waals surface area contributed by atoms with E-state index in [9.17, 15) is 9.59 Å². The Morgan fingerprint density at radius 1 is 1.60 bits per heavy atom. The smallest absolute Gasteiger partial charge is 0.347 e. The first-order valence-electron chi connectivity index (χ1n) is 3.85. The fourth-order valence-corrected chi connectivity index (χ4v) is 1.06. The van der Waals surface area contributed by atoms with Gasteiger partial charge in [-0.05, 0) is 0 Å². The highest BCUT2D eigenvalue weighted by molar-refractivity contribution is 5.98. The number of nitrogens with one attached hydrogen (secondary N) is 3. The Labute approximate surface area is 83.4 Å². The molecule has 1 aromatic rings. The zero-order valence-corrected chi connectivity index (χ0v) is 7.57. The quantitative estimate of drug-likeness (QED) is 0.232. The molecule has 0 fully saturated rings. The number of aromatic amines is 1. The van der Waals surface area contributed by atoms with Gasteiger partial charge in [0.25, 0.3) is 5.91 Å². The van der Waals surface area contributed by atoms with Crippen molar-refractivity contribution in [2.24, 2.45) is 11.6 Å². The van der Waals surface area contributed by atoms with E-state index in [1.807, 2.05) is 5.53 Å². The van der Waals surface area contributed by atoms with Gasteiger partial charge in [0.05, 0.1) is 12.3 Å². The van der Waals surface area contributed by atoms with E-state index in [4.69, 9.17) is 16.7 Å². The van der Waals surface area contributed by atoms with E-state index < -0.39 is 18.2 Å². The van der Waals surface area contributed by atoms with E-state index in [0.29, 0.717) is 0 Å². The van der Waals surface area contributed by atoms with Gasteiger partial charge in [0, 0.05) is 0 Å². The molecule has 0 aliphatic heterocycles. The third-order valence-corrected chi connectivity index (χ3v) is 1.60. The lowest BCUT2D eigenvalue weighted by Gasteiger charge is -2.09. The van der Waals surface area contributed by atoms with Gasteiger partial charge in [0.1, 0.15) is 5.56 Å². The van der Waals surface area contributed by atoms with Crippen molar-refractivity contribution >= 4 is 11.7 Å². The van der Waals surface area contributed by atoms with Crippen LogP contribution in [0.25, 0.3) is 0 Å². The summed E-state index contributed by atoms with van der Waals surface area (Å²) in [5.74, 6) is 3.96. The predicted molar refractivity (Wildman–Crippen MR) is 50.2 cm³/mol. The van der Waals surface area contributed by atoms with E-state index >= 15 is 0 Å². The molecule has 0 saturated heterocycles. The summed E-state index contributed by atoms with van der Waals surface area (Å²) in [7, 11) is 0. The maximum Gasteiger partial charge on any atom is 0.347 e. The SMILES string of the molecule is NNNc1nc(=O)[nH]c(CO)c1C(N)=O. The maximum atomic E-state index is 11.0. The average Bonchev–Trinajstić information content (AvgIpc) is 2.16. The number of anilines is 1. The lowest BCUT2D eigenvalue weighted by Crippen LogP contribution is -2.33. The Hall–Kier alpha value is -1.97. The van der Waals surface area contributed by atoms with Crippen LogP contribution >= 0.6 is 0 Å². The molecule has 8 N–H and O–H groups in total. The van der Waals surface area contributed by atoms with E-state index in [1.165, 1.54) is 0 Å². The summed E-state index contributed by atoms with van der Waals surface area (Å²) in [6.45, 7) is -0.546. The molecule has 0 aliphatic carbocycles. The first kappa shape index (κ1) is 11.1. The van der Waals surface area contributed by atoms with E-state index in [0.717, 1.165) is 0 Å². The van der Waals surface area contributed by atoms with Gasteiger partial charge < -0.3 is 15.8 Å². The molecule has 0 aromatic carbocycles. The van der Waals surface area contributed by atoms with Crippen molar-refractivity contribution in [1.29, 1.82) is 0 Å². The van der Waals surface area contributed by atoms with Gasteiger partial charge in [0.15, 0.2) is 5.82 Å². The van der Waals surface area contributed by atoms with Crippen LogP contribution in [0.4, 0.5) is 5.82 Å². The molecular formula is C6H10N6O3. The summed E-state index contributed by atoms with van der Waals surface area (Å²) in [6.07, 6.45) is 0. The molecule has 0 bridgehead atoms. The number of aromatic nitrogens is 2. The number of primary amides is 1. The minimum absolute atomic E-state index is 0.0275. The molecule has 0 spiro atoms. The number of nitrogens with two attached hydrogens (primary N) is 2. The average molecular weight is 214 g/mol. The Morgan fingerprint density at radius 2 is 2.27 bits per heavy atom. The molecule has 1 amide bonds. The molecule has 0 aliphatic rings. The number of amides is 1. The predicted octanol–water partition coefficient (Wildman–Crippen LogP) is -2.85. The lowest BCUT2D eigenvalue weighted by atomic mass is 10.2. The van der Waals surface area contributed by atoms with Crippen molar-refractivity contribution in [2.75, 3.05) is 5.43 Å². The number of aliphatic hydroxyl groups is 1. The Morgan fingerprint density at radius 3 is 2.73 bits per heavy atom. The third-order valence-electron chi connectivity index (χ3n) is 1.60. The number of aliphatic hydroxyl groups excluding tert-OH is 1. The molecule has 9 nitrogen and oxygen atoms in total. The minimum Gasteiger partial charge on any atom is -0.390 e. The first-order chi connectivity index (χ1) is 7.10. The van der Waals surface area contributed by atoms with Crippen LogP contribution in [-0.2, 0) is 6.61 Å². The molecule has 15 heavy (non-hydrogen) atoms. The monoisotopic (exact) mass is 214 g/mol. The highest BCUT2D eigenvalue weighted by atomic mass is 16.3. The van der Waals surface area contributed by atoms with Crippen LogP contribution in [-0.4, -0.2) is 21.0 Å². The highest BCUT2D eigenvalue weighted by Gasteiger charge is 2.16. The van der Waals surface area contributed by atoms with E-state index in [2.05, 4.69) is 15.4 Å². The summed E-state index contributed by atoms with van der Waals surface area (Å²) in [5, 5.41) is 8.90. The molecule has 9 heteroatoms. The molecular weight excluding hydrogens is 204 g/mol. The number of hydrogen-bond donors (Lipinski definition) is 6. The molecule has 0 saturated carbocycles. The molecule has 1 aromatic heterocycles. The van der Waals surface area contributed by atoms with E-state index in [-0.39, 0.29) is 17.1 Å². The molecule has 0 unspecified atom stereocenters. The van der Waals surface area contributed by atoms with Crippen molar-refractivity contribution in [3.63, 3.8) is 0 Å². The lowest BCUT2D eigenvalue weighted by molar-refractivity contribution is 0.0997. The van der Waals surface area contributed by atoms with E-state index in [1.54, 1.807) is 0 Å². The van der Waals surface area contributed by atoms with Crippen molar-refractivity contribution in [3.8, 4) is 0 Å². The molecule has 1 rings (SSSR count). The number of carbonyl (C=O) groups is 1. The van der Waals surface area contributed by atoms with Crippen molar-refractivity contribution in [1.82, 2.24) is 15.5 Å². The Balaban J connectivity index is 3.40. The van der Waals surface area contributed by atoms with Crippen LogP contribution in [0.5, 0.6) is 0 Å². The fraction of sp³-hybridized carbons (Fsp3) is 0.167. The van der Waals surface area contributed by atoms with Gasteiger partial charge in [-0.15, -0.1) is 0 Å².